The van der Waals surface area contributed by atoms with Gasteiger partial charge >= 0.3 is 0 Å². The molecule has 0 aliphatic heterocycles. The summed E-state index contributed by atoms with van der Waals surface area (Å²) in [4.78, 5) is 4.93. The smallest absolute Gasteiger partial charge is 0.0782 e. The van der Waals surface area contributed by atoms with Gasteiger partial charge in [-0.25, -0.2) is 0 Å². The molecular weight excluding hydrogens is 823 g/mol. The molecule has 1 aromatic heterocycles. The van der Waals surface area contributed by atoms with Crippen LogP contribution in [0.3, 0.4) is 0 Å². The van der Waals surface area contributed by atoms with Crippen molar-refractivity contribution in [3.8, 4) is 27.9 Å². The Balaban J connectivity index is 1.09. The van der Waals surface area contributed by atoms with Crippen LogP contribution in [-0.2, 0) is 5.41 Å². The molecule has 0 saturated heterocycles. The Morgan fingerprint density at radius 3 is 1.47 bits per heavy atom. The van der Waals surface area contributed by atoms with Crippen LogP contribution >= 0.6 is 0 Å². The molecule has 14 rings (SSSR count). The Bertz CT molecular complexity index is 3870. The van der Waals surface area contributed by atoms with Gasteiger partial charge in [-0.15, -0.1) is 0 Å². The fraction of sp³-hybridized carbons (Fsp3) is 0.0154. The number of aromatic nitrogens is 1. The van der Waals surface area contributed by atoms with Crippen molar-refractivity contribution in [2.45, 2.75) is 5.41 Å². The molecule has 0 N–H and O–H groups in total. The van der Waals surface area contributed by atoms with Gasteiger partial charge < -0.3 is 14.4 Å². The lowest BCUT2D eigenvalue weighted by Gasteiger charge is -2.34. The summed E-state index contributed by atoms with van der Waals surface area (Å²) in [5.74, 6) is 0. The molecule has 12 aromatic rings. The standard InChI is InChI=1S/C65H43N3/c1-5-22-44(23-6-1)66(45-24-7-2-8-25-45)62-43-59-63(53-33-14-13-31-51(53)62)55-34-16-19-37-57(55)65(59)56-36-18-15-30-49(56)50-41-40-48(42-58(50)65)67(46-26-9-3-10-27-46)61-39-21-35-54-52-32-17-20-38-60(52)68(64(54)61)47-28-11-4-12-29-47/h1-43H. The van der Waals surface area contributed by atoms with E-state index in [2.05, 4.69) is 275 Å². The molecule has 0 fully saturated rings. The van der Waals surface area contributed by atoms with E-state index in [1.807, 2.05) is 0 Å². The third-order valence-corrected chi connectivity index (χ3v) is 14.5. The van der Waals surface area contributed by atoms with E-state index in [1.54, 1.807) is 0 Å². The second kappa shape index (κ2) is 15.1. The lowest BCUT2D eigenvalue weighted by atomic mass is 9.70. The number of nitrogens with zero attached hydrogens (tertiary/aromatic N) is 3. The van der Waals surface area contributed by atoms with Crippen molar-refractivity contribution in [2.75, 3.05) is 9.80 Å². The maximum atomic E-state index is 2.53. The molecule has 1 unspecified atom stereocenters. The SMILES string of the molecule is c1ccc(N(c2ccccc2)c2cc3c(c4ccccc24)-c2ccccc2C32c3ccccc3-c3ccc(N(c4ccccc4)c4cccc5c6ccccc6n(-c6ccccc6)c45)cc32)cc1. The van der Waals surface area contributed by atoms with Crippen LogP contribution in [0.5, 0.6) is 0 Å². The van der Waals surface area contributed by atoms with Crippen LogP contribution in [0, 0.1) is 0 Å². The highest BCUT2D eigenvalue weighted by molar-refractivity contribution is 6.15. The Morgan fingerprint density at radius 1 is 0.294 bits per heavy atom. The second-order valence-corrected chi connectivity index (χ2v) is 18.0. The van der Waals surface area contributed by atoms with E-state index in [9.17, 15) is 0 Å². The van der Waals surface area contributed by atoms with Gasteiger partial charge in [-0.3, -0.25) is 0 Å². The van der Waals surface area contributed by atoms with Crippen molar-refractivity contribution in [3.63, 3.8) is 0 Å². The summed E-state index contributed by atoms with van der Waals surface area (Å²) in [6.45, 7) is 0. The Labute approximate surface area is 395 Å². The molecule has 0 bridgehead atoms. The van der Waals surface area contributed by atoms with Crippen molar-refractivity contribution in [3.05, 3.63) is 283 Å². The van der Waals surface area contributed by atoms with Crippen LogP contribution in [0.2, 0.25) is 0 Å². The third-order valence-electron chi connectivity index (χ3n) is 14.5. The van der Waals surface area contributed by atoms with Crippen molar-refractivity contribution >= 4 is 66.7 Å². The number of para-hydroxylation sites is 6. The summed E-state index contributed by atoms with van der Waals surface area (Å²) >= 11 is 0. The highest BCUT2D eigenvalue weighted by atomic mass is 15.2. The number of rotatable bonds is 7. The average Bonchev–Trinajstić information content (AvgIpc) is 4.02. The molecule has 0 amide bonds. The fourth-order valence-corrected chi connectivity index (χ4v) is 11.9. The summed E-state index contributed by atoms with van der Waals surface area (Å²) < 4.78 is 2.45. The quantitative estimate of drug-likeness (QED) is 0.158. The highest BCUT2D eigenvalue weighted by Crippen LogP contribution is 2.65. The maximum absolute atomic E-state index is 2.53. The zero-order valence-electron chi connectivity index (χ0n) is 37.2. The fourth-order valence-electron chi connectivity index (χ4n) is 11.9. The first-order chi connectivity index (χ1) is 33.8. The van der Waals surface area contributed by atoms with Gasteiger partial charge in [-0.05, 0) is 129 Å². The number of hydrogen-bond acceptors (Lipinski definition) is 2. The summed E-state index contributed by atoms with van der Waals surface area (Å²) in [5, 5.41) is 4.90. The highest BCUT2D eigenvalue weighted by Gasteiger charge is 2.52. The Hall–Kier alpha value is -8.92. The summed E-state index contributed by atoms with van der Waals surface area (Å²) in [5.41, 5.74) is 19.8. The topological polar surface area (TPSA) is 11.4 Å². The first-order valence-electron chi connectivity index (χ1n) is 23.5. The van der Waals surface area contributed by atoms with Gasteiger partial charge in [-0.1, -0.05) is 182 Å². The molecule has 3 nitrogen and oxygen atoms in total. The van der Waals surface area contributed by atoms with Crippen LogP contribution in [-0.4, -0.2) is 4.57 Å². The van der Waals surface area contributed by atoms with Crippen LogP contribution in [0.1, 0.15) is 22.3 Å². The predicted molar refractivity (Wildman–Crippen MR) is 284 cm³/mol. The van der Waals surface area contributed by atoms with E-state index in [0.29, 0.717) is 0 Å². The molecule has 3 heteroatoms. The molecule has 2 aliphatic rings. The van der Waals surface area contributed by atoms with Gasteiger partial charge in [-0.2, -0.15) is 0 Å². The lowest BCUT2D eigenvalue weighted by Crippen LogP contribution is -2.26. The normalized spacial score (nSPS) is 14.2. The number of anilines is 6. The molecule has 0 saturated carbocycles. The van der Waals surface area contributed by atoms with Crippen LogP contribution in [0.4, 0.5) is 34.1 Å². The first kappa shape index (κ1) is 38.4. The predicted octanol–water partition coefficient (Wildman–Crippen LogP) is 17.2. The van der Waals surface area contributed by atoms with Gasteiger partial charge in [0.05, 0.1) is 27.8 Å². The third kappa shape index (κ3) is 5.41. The second-order valence-electron chi connectivity index (χ2n) is 18.0. The van der Waals surface area contributed by atoms with Crippen molar-refractivity contribution < 1.29 is 0 Å². The van der Waals surface area contributed by atoms with Gasteiger partial charge in [0.1, 0.15) is 0 Å². The Morgan fingerprint density at radius 2 is 0.794 bits per heavy atom. The first-order valence-corrected chi connectivity index (χ1v) is 23.5. The molecule has 68 heavy (non-hydrogen) atoms. The number of benzene rings is 11. The summed E-state index contributed by atoms with van der Waals surface area (Å²) in [6.07, 6.45) is 0. The van der Waals surface area contributed by atoms with Crippen LogP contribution < -0.4 is 9.80 Å². The van der Waals surface area contributed by atoms with E-state index in [1.165, 1.54) is 71.6 Å². The van der Waals surface area contributed by atoms with Crippen LogP contribution in [0.25, 0.3) is 60.5 Å². The molecule has 2 aliphatic carbocycles. The molecule has 0 radical (unpaired) electrons. The van der Waals surface area contributed by atoms with Crippen molar-refractivity contribution in [2.24, 2.45) is 0 Å². The monoisotopic (exact) mass is 865 g/mol. The van der Waals surface area contributed by atoms with E-state index < -0.39 is 5.41 Å². The number of hydrogen-bond donors (Lipinski definition) is 0. The minimum absolute atomic E-state index is 0.626. The van der Waals surface area contributed by atoms with E-state index >= 15 is 0 Å². The average molecular weight is 866 g/mol. The van der Waals surface area contributed by atoms with Crippen molar-refractivity contribution in [1.82, 2.24) is 4.57 Å². The van der Waals surface area contributed by atoms with Gasteiger partial charge in [0.25, 0.3) is 0 Å². The molecule has 318 valence electrons. The largest absolute Gasteiger partial charge is 0.310 e. The van der Waals surface area contributed by atoms with Gasteiger partial charge in [0.15, 0.2) is 0 Å². The molecule has 11 aromatic carbocycles. The zero-order valence-corrected chi connectivity index (χ0v) is 37.2. The van der Waals surface area contributed by atoms with Gasteiger partial charge in [0.2, 0.25) is 0 Å². The van der Waals surface area contributed by atoms with E-state index in [0.717, 1.165) is 45.3 Å². The van der Waals surface area contributed by atoms with Crippen molar-refractivity contribution in [1.29, 1.82) is 0 Å². The summed E-state index contributed by atoms with van der Waals surface area (Å²) in [6, 6.07) is 96.1. The molecular formula is C65H43N3. The van der Waals surface area contributed by atoms with Gasteiger partial charge in [0, 0.05) is 44.6 Å². The van der Waals surface area contributed by atoms with Crippen LogP contribution in [0.15, 0.2) is 261 Å². The molecule has 1 spiro atoms. The minimum Gasteiger partial charge on any atom is -0.310 e. The maximum Gasteiger partial charge on any atom is 0.0782 e. The van der Waals surface area contributed by atoms with E-state index in [4.69, 9.17) is 0 Å². The van der Waals surface area contributed by atoms with E-state index in [-0.39, 0.29) is 0 Å². The lowest BCUT2D eigenvalue weighted by molar-refractivity contribution is 0.794. The minimum atomic E-state index is -0.626. The summed E-state index contributed by atoms with van der Waals surface area (Å²) in [7, 11) is 0. The Kier molecular flexibility index (Phi) is 8.50. The zero-order chi connectivity index (χ0) is 44.8. The molecule has 1 heterocycles. The number of fused-ring (bicyclic) bond motifs is 15. The molecule has 1 atom stereocenters.